The van der Waals surface area contributed by atoms with Crippen LogP contribution in [0.4, 0.5) is 10.5 Å². The average molecular weight is 509 g/mol. The van der Waals surface area contributed by atoms with E-state index in [9.17, 15) is 19.2 Å². The van der Waals surface area contributed by atoms with E-state index in [0.717, 1.165) is 5.56 Å². The van der Waals surface area contributed by atoms with Crippen LogP contribution in [0.15, 0.2) is 42.5 Å². The molecule has 9 nitrogen and oxygen atoms in total. The second-order valence-corrected chi connectivity index (χ2v) is 8.43. The summed E-state index contributed by atoms with van der Waals surface area (Å²) in [7, 11) is 0. The third kappa shape index (κ3) is 8.57. The topological polar surface area (TPSA) is 137 Å². The maximum absolute atomic E-state index is 12.4. The van der Waals surface area contributed by atoms with Gasteiger partial charge in [-0.3, -0.25) is 14.4 Å². The van der Waals surface area contributed by atoms with Gasteiger partial charge in [0.15, 0.2) is 0 Å². The van der Waals surface area contributed by atoms with Gasteiger partial charge in [-0.25, -0.2) is 4.79 Å². The maximum atomic E-state index is 12.4. The molecule has 2 rings (SSSR count). The molecule has 0 aliphatic carbocycles. The first-order valence-electron chi connectivity index (χ1n) is 10.5. The van der Waals surface area contributed by atoms with E-state index in [1.165, 1.54) is 12.1 Å². The van der Waals surface area contributed by atoms with Crippen molar-refractivity contribution < 1.29 is 24.3 Å². The zero-order valence-electron chi connectivity index (χ0n) is 18.7. The molecule has 0 bridgehead atoms. The summed E-state index contributed by atoms with van der Waals surface area (Å²) >= 11 is 11.9. The summed E-state index contributed by atoms with van der Waals surface area (Å²) in [5.41, 5.74) is 1.33. The summed E-state index contributed by atoms with van der Waals surface area (Å²) in [6.45, 7) is 3.20. The number of anilines is 1. The van der Waals surface area contributed by atoms with Crippen LogP contribution in [0, 0.1) is 5.92 Å². The second kappa shape index (κ2) is 12.8. The maximum Gasteiger partial charge on any atom is 0.319 e. The Labute approximate surface area is 207 Å². The van der Waals surface area contributed by atoms with Gasteiger partial charge in [0.25, 0.3) is 5.91 Å². The first-order valence-corrected chi connectivity index (χ1v) is 11.2. The number of aliphatic carboxylic acids is 1. The number of carboxylic acid groups (broad SMARTS) is 1. The standard InChI is InChI=1S/C23H26Cl2N4O5/c1-3-19(22(32)33)13(2)28-20(30)12-26-21(31)15-5-4-6-18(9-15)29-23(34)27-11-14-7-16(24)10-17(25)8-14/h4-10,13,19H,3,11-12H2,1-2H3,(H,26,31)(H,28,30)(H,32,33)(H2,27,29,34). The van der Waals surface area contributed by atoms with Gasteiger partial charge in [0.2, 0.25) is 5.91 Å². The quantitative estimate of drug-likeness (QED) is 0.333. The molecule has 4 amide bonds. The second-order valence-electron chi connectivity index (χ2n) is 7.56. The Bertz CT molecular complexity index is 1040. The fraction of sp³-hybridized carbons (Fsp3) is 0.304. The van der Waals surface area contributed by atoms with Crippen molar-refractivity contribution in [3.05, 3.63) is 63.6 Å². The molecule has 0 aliphatic heterocycles. The van der Waals surface area contributed by atoms with E-state index < -0.39 is 35.8 Å². The Morgan fingerprint density at radius 2 is 1.68 bits per heavy atom. The third-order valence-corrected chi connectivity index (χ3v) is 5.35. The molecule has 2 aromatic carbocycles. The molecule has 0 radical (unpaired) electrons. The van der Waals surface area contributed by atoms with Gasteiger partial charge in [-0.1, -0.05) is 36.2 Å². The van der Waals surface area contributed by atoms with Crippen molar-refractivity contribution in [3.63, 3.8) is 0 Å². The fourth-order valence-electron chi connectivity index (χ4n) is 3.22. The van der Waals surface area contributed by atoms with Crippen LogP contribution in [0.5, 0.6) is 0 Å². The van der Waals surface area contributed by atoms with Gasteiger partial charge >= 0.3 is 12.0 Å². The highest BCUT2D eigenvalue weighted by molar-refractivity contribution is 6.34. The number of hydrogen-bond donors (Lipinski definition) is 5. The highest BCUT2D eigenvalue weighted by atomic mass is 35.5. The van der Waals surface area contributed by atoms with Gasteiger partial charge in [-0.15, -0.1) is 0 Å². The number of nitrogens with one attached hydrogen (secondary N) is 4. The first-order chi connectivity index (χ1) is 16.1. The summed E-state index contributed by atoms with van der Waals surface area (Å²) in [5, 5.41) is 20.4. The first kappa shape index (κ1) is 26.9. The number of amides is 4. The molecule has 2 unspecified atom stereocenters. The van der Waals surface area contributed by atoms with E-state index in [-0.39, 0.29) is 18.7 Å². The SMILES string of the molecule is CCC(C(=O)O)C(C)NC(=O)CNC(=O)c1cccc(NC(=O)NCc2cc(Cl)cc(Cl)c2)c1. The van der Waals surface area contributed by atoms with Crippen molar-refractivity contribution in [1.29, 1.82) is 0 Å². The fourth-order valence-corrected chi connectivity index (χ4v) is 3.79. The molecule has 0 saturated heterocycles. The van der Waals surface area contributed by atoms with Crippen LogP contribution in [-0.4, -0.2) is 41.5 Å². The van der Waals surface area contributed by atoms with Crippen molar-refractivity contribution in [2.24, 2.45) is 5.92 Å². The van der Waals surface area contributed by atoms with Gasteiger partial charge in [-0.2, -0.15) is 0 Å². The van der Waals surface area contributed by atoms with Crippen LogP contribution in [0.2, 0.25) is 10.0 Å². The van der Waals surface area contributed by atoms with E-state index in [2.05, 4.69) is 21.3 Å². The van der Waals surface area contributed by atoms with Crippen molar-refractivity contribution >= 4 is 52.7 Å². The van der Waals surface area contributed by atoms with Crippen LogP contribution >= 0.6 is 23.2 Å². The zero-order chi connectivity index (χ0) is 25.3. The highest BCUT2D eigenvalue weighted by Gasteiger charge is 2.24. The number of benzene rings is 2. The lowest BCUT2D eigenvalue weighted by molar-refractivity contribution is -0.143. The van der Waals surface area contributed by atoms with Crippen molar-refractivity contribution in [1.82, 2.24) is 16.0 Å². The highest BCUT2D eigenvalue weighted by Crippen LogP contribution is 2.19. The molecule has 2 atom stereocenters. The largest absolute Gasteiger partial charge is 0.481 e. The minimum atomic E-state index is -0.996. The lowest BCUT2D eigenvalue weighted by Crippen LogP contribution is -2.45. The lowest BCUT2D eigenvalue weighted by atomic mass is 9.98. The van der Waals surface area contributed by atoms with E-state index in [1.54, 1.807) is 44.2 Å². The van der Waals surface area contributed by atoms with Crippen LogP contribution in [0.25, 0.3) is 0 Å². The molecule has 11 heteroatoms. The number of carbonyl (C=O) groups is 4. The number of carbonyl (C=O) groups excluding carboxylic acids is 3. The molecular formula is C23H26Cl2N4O5. The molecule has 0 spiro atoms. The van der Waals surface area contributed by atoms with E-state index in [1.807, 2.05) is 0 Å². The Kier molecular flexibility index (Phi) is 10.2. The number of carboxylic acids is 1. The van der Waals surface area contributed by atoms with Gasteiger partial charge in [0.05, 0.1) is 12.5 Å². The summed E-state index contributed by atoms with van der Waals surface area (Å²) in [6.07, 6.45) is 0.364. The van der Waals surface area contributed by atoms with E-state index in [0.29, 0.717) is 22.2 Å². The molecule has 0 aliphatic rings. The van der Waals surface area contributed by atoms with E-state index in [4.69, 9.17) is 28.3 Å². The Balaban J connectivity index is 1.86. The predicted molar refractivity (Wildman–Crippen MR) is 130 cm³/mol. The normalized spacial score (nSPS) is 12.2. The predicted octanol–water partition coefficient (Wildman–Crippen LogP) is 3.66. The molecule has 182 valence electrons. The Morgan fingerprint density at radius 1 is 1.00 bits per heavy atom. The smallest absolute Gasteiger partial charge is 0.319 e. The average Bonchev–Trinajstić information content (AvgIpc) is 2.75. The molecule has 34 heavy (non-hydrogen) atoms. The van der Waals surface area contributed by atoms with Crippen LogP contribution in [0.3, 0.4) is 0 Å². The number of urea groups is 1. The molecular weight excluding hydrogens is 483 g/mol. The minimum Gasteiger partial charge on any atom is -0.481 e. The molecule has 0 fully saturated rings. The number of hydrogen-bond acceptors (Lipinski definition) is 4. The molecule has 0 saturated carbocycles. The van der Waals surface area contributed by atoms with Gasteiger partial charge in [0.1, 0.15) is 0 Å². The lowest BCUT2D eigenvalue weighted by Gasteiger charge is -2.20. The third-order valence-electron chi connectivity index (χ3n) is 4.92. The van der Waals surface area contributed by atoms with Crippen molar-refractivity contribution in [2.75, 3.05) is 11.9 Å². The molecule has 5 N–H and O–H groups in total. The monoisotopic (exact) mass is 508 g/mol. The molecule has 2 aromatic rings. The van der Waals surface area contributed by atoms with Crippen LogP contribution in [-0.2, 0) is 16.1 Å². The van der Waals surface area contributed by atoms with Crippen LogP contribution in [0.1, 0.15) is 36.2 Å². The van der Waals surface area contributed by atoms with Gasteiger partial charge in [-0.05, 0) is 55.3 Å². The Hall–Kier alpha value is -3.30. The summed E-state index contributed by atoms with van der Waals surface area (Å²) in [4.78, 5) is 47.9. The summed E-state index contributed by atoms with van der Waals surface area (Å²) in [5.74, 6) is -2.74. The summed E-state index contributed by atoms with van der Waals surface area (Å²) in [6, 6.07) is 10.1. The van der Waals surface area contributed by atoms with Gasteiger partial charge < -0.3 is 26.4 Å². The van der Waals surface area contributed by atoms with Crippen LogP contribution < -0.4 is 21.3 Å². The van der Waals surface area contributed by atoms with Gasteiger partial charge in [0, 0.05) is 33.9 Å². The minimum absolute atomic E-state index is 0.195. The van der Waals surface area contributed by atoms with Crippen molar-refractivity contribution in [3.8, 4) is 0 Å². The number of rotatable bonds is 10. The molecule has 0 heterocycles. The van der Waals surface area contributed by atoms with E-state index >= 15 is 0 Å². The Morgan fingerprint density at radius 3 is 2.29 bits per heavy atom. The zero-order valence-corrected chi connectivity index (χ0v) is 20.2. The van der Waals surface area contributed by atoms with Crippen molar-refractivity contribution in [2.45, 2.75) is 32.9 Å². The summed E-state index contributed by atoms with van der Waals surface area (Å²) < 4.78 is 0. The molecule has 0 aromatic heterocycles. The number of halogens is 2.